The van der Waals surface area contributed by atoms with Gasteiger partial charge in [-0.3, -0.25) is 4.98 Å². The first-order valence-corrected chi connectivity index (χ1v) is 6.58. The highest BCUT2D eigenvalue weighted by Gasteiger charge is 2.43. The van der Waals surface area contributed by atoms with Crippen molar-refractivity contribution in [3.63, 3.8) is 0 Å². The number of alkyl halides is 3. The molecule has 2 heterocycles. The Morgan fingerprint density at radius 1 is 1.29 bits per heavy atom. The molecule has 21 heavy (non-hydrogen) atoms. The standard InChI is InChI=1S/C13H13F3N4O/c14-13(15,16)10(18-9-1-2-9)7-11-19-12(20-21-11)8-3-5-17-6-4-8/h3-6,9-10,18H,1-2,7H2. The second-order valence-corrected chi connectivity index (χ2v) is 4.99. The zero-order valence-corrected chi connectivity index (χ0v) is 11.0. The largest absolute Gasteiger partial charge is 0.404 e. The molecular weight excluding hydrogens is 285 g/mol. The first kappa shape index (κ1) is 14.0. The molecule has 1 atom stereocenters. The predicted molar refractivity (Wildman–Crippen MR) is 67.2 cm³/mol. The lowest BCUT2D eigenvalue weighted by atomic mass is 10.2. The van der Waals surface area contributed by atoms with Gasteiger partial charge in [0.25, 0.3) is 0 Å². The summed E-state index contributed by atoms with van der Waals surface area (Å²) in [5.74, 6) is 0.233. The topological polar surface area (TPSA) is 63.8 Å². The summed E-state index contributed by atoms with van der Waals surface area (Å²) in [5.41, 5.74) is 0.652. The minimum absolute atomic E-state index is 0.0303. The van der Waals surface area contributed by atoms with E-state index in [1.807, 2.05) is 0 Å². The van der Waals surface area contributed by atoms with Crippen LogP contribution in [0, 0.1) is 0 Å². The molecule has 0 aliphatic heterocycles. The number of nitrogens with one attached hydrogen (secondary N) is 1. The molecule has 1 saturated carbocycles. The highest BCUT2D eigenvalue weighted by molar-refractivity contribution is 5.52. The van der Waals surface area contributed by atoms with Gasteiger partial charge in [-0.05, 0) is 25.0 Å². The molecular formula is C13H13F3N4O. The lowest BCUT2D eigenvalue weighted by Crippen LogP contribution is -2.45. The SMILES string of the molecule is FC(F)(F)C(Cc1nc(-c2ccncc2)no1)NC1CC1. The van der Waals surface area contributed by atoms with Gasteiger partial charge >= 0.3 is 6.18 Å². The molecule has 112 valence electrons. The molecule has 2 aromatic rings. The number of pyridine rings is 1. The molecule has 1 unspecified atom stereocenters. The molecule has 0 spiro atoms. The van der Waals surface area contributed by atoms with Crippen molar-refractivity contribution in [2.45, 2.75) is 37.5 Å². The fraction of sp³-hybridized carbons (Fsp3) is 0.462. The number of rotatable bonds is 5. The van der Waals surface area contributed by atoms with Crippen molar-refractivity contribution in [1.82, 2.24) is 20.4 Å². The molecule has 0 aromatic carbocycles. The van der Waals surface area contributed by atoms with Crippen LogP contribution in [0.25, 0.3) is 11.4 Å². The molecule has 1 fully saturated rings. The van der Waals surface area contributed by atoms with Crippen molar-refractivity contribution in [1.29, 1.82) is 0 Å². The predicted octanol–water partition coefficient (Wildman–Crippen LogP) is 2.36. The van der Waals surface area contributed by atoms with Crippen LogP contribution in [0.1, 0.15) is 18.7 Å². The molecule has 0 bridgehead atoms. The van der Waals surface area contributed by atoms with Crippen LogP contribution in [0.4, 0.5) is 13.2 Å². The van der Waals surface area contributed by atoms with Crippen molar-refractivity contribution in [2.75, 3.05) is 0 Å². The zero-order valence-electron chi connectivity index (χ0n) is 11.0. The molecule has 8 heteroatoms. The summed E-state index contributed by atoms with van der Waals surface area (Å²) in [5, 5.41) is 6.27. The van der Waals surface area contributed by atoms with E-state index in [1.165, 1.54) is 0 Å². The maximum atomic E-state index is 13.0. The van der Waals surface area contributed by atoms with Gasteiger partial charge in [-0.25, -0.2) is 0 Å². The Hall–Kier alpha value is -1.96. The highest BCUT2D eigenvalue weighted by Crippen LogP contribution is 2.28. The summed E-state index contributed by atoms with van der Waals surface area (Å²) in [4.78, 5) is 7.87. The van der Waals surface area contributed by atoms with Gasteiger partial charge in [0.2, 0.25) is 11.7 Å². The highest BCUT2D eigenvalue weighted by atomic mass is 19.4. The molecule has 1 aliphatic rings. The third-order valence-electron chi connectivity index (χ3n) is 3.19. The first-order valence-electron chi connectivity index (χ1n) is 6.58. The quantitative estimate of drug-likeness (QED) is 0.918. The second-order valence-electron chi connectivity index (χ2n) is 4.99. The lowest BCUT2D eigenvalue weighted by molar-refractivity contribution is -0.157. The molecule has 0 amide bonds. The Bertz CT molecular complexity index is 595. The number of aromatic nitrogens is 3. The van der Waals surface area contributed by atoms with E-state index in [9.17, 15) is 13.2 Å². The summed E-state index contributed by atoms with van der Waals surface area (Å²) >= 11 is 0. The molecule has 0 saturated heterocycles. The van der Waals surface area contributed by atoms with E-state index in [-0.39, 0.29) is 24.2 Å². The molecule has 0 radical (unpaired) electrons. The van der Waals surface area contributed by atoms with Gasteiger partial charge in [0.15, 0.2) is 0 Å². The van der Waals surface area contributed by atoms with Gasteiger partial charge in [0.05, 0.1) is 6.42 Å². The van der Waals surface area contributed by atoms with Crippen molar-refractivity contribution in [2.24, 2.45) is 0 Å². The summed E-state index contributed by atoms with van der Waals surface area (Å²) in [6.07, 6.45) is -0.0413. The van der Waals surface area contributed by atoms with Crippen LogP contribution in [0.15, 0.2) is 29.0 Å². The van der Waals surface area contributed by atoms with Crippen LogP contribution in [-0.4, -0.2) is 33.4 Å². The minimum atomic E-state index is -4.34. The molecule has 5 nitrogen and oxygen atoms in total. The third-order valence-corrected chi connectivity index (χ3v) is 3.19. The maximum Gasteiger partial charge on any atom is 0.404 e. The molecule has 2 aromatic heterocycles. The van der Waals surface area contributed by atoms with Crippen molar-refractivity contribution >= 4 is 0 Å². The number of hydrogen-bond acceptors (Lipinski definition) is 5. The Morgan fingerprint density at radius 3 is 2.62 bits per heavy atom. The van der Waals surface area contributed by atoms with Gasteiger partial charge in [-0.2, -0.15) is 18.2 Å². The van der Waals surface area contributed by atoms with Crippen LogP contribution in [-0.2, 0) is 6.42 Å². The van der Waals surface area contributed by atoms with Crippen LogP contribution in [0.2, 0.25) is 0 Å². The average molecular weight is 298 g/mol. The normalized spacial score (nSPS) is 16.9. The number of halogens is 3. The first-order chi connectivity index (χ1) is 10.0. The Morgan fingerprint density at radius 2 is 2.00 bits per heavy atom. The average Bonchev–Trinajstić information content (AvgIpc) is 3.14. The zero-order chi connectivity index (χ0) is 14.9. The molecule has 1 N–H and O–H groups in total. The Balaban J connectivity index is 1.73. The fourth-order valence-electron chi connectivity index (χ4n) is 1.93. The molecule has 1 aliphatic carbocycles. The van der Waals surface area contributed by atoms with Crippen LogP contribution < -0.4 is 5.32 Å². The smallest absolute Gasteiger partial charge is 0.339 e. The second kappa shape index (κ2) is 5.44. The van der Waals surface area contributed by atoms with Crippen molar-refractivity contribution in [3.05, 3.63) is 30.4 Å². The summed E-state index contributed by atoms with van der Waals surface area (Å²) in [7, 11) is 0. The third kappa shape index (κ3) is 3.57. The van der Waals surface area contributed by atoms with Gasteiger partial charge in [0.1, 0.15) is 6.04 Å². The van der Waals surface area contributed by atoms with Crippen LogP contribution in [0.5, 0.6) is 0 Å². The van der Waals surface area contributed by atoms with Crippen LogP contribution in [0.3, 0.4) is 0 Å². The van der Waals surface area contributed by atoms with Gasteiger partial charge in [-0.15, -0.1) is 0 Å². The maximum absolute atomic E-state index is 13.0. The number of hydrogen-bond donors (Lipinski definition) is 1. The van der Waals surface area contributed by atoms with Crippen molar-refractivity contribution < 1.29 is 17.7 Å². The summed E-state index contributed by atoms with van der Waals surface area (Å²) in [6, 6.07) is 1.62. The monoisotopic (exact) mass is 298 g/mol. The fourth-order valence-corrected chi connectivity index (χ4v) is 1.93. The summed E-state index contributed by atoms with van der Waals surface area (Å²) in [6.45, 7) is 0. The van der Waals surface area contributed by atoms with E-state index >= 15 is 0 Å². The van der Waals surface area contributed by atoms with E-state index in [1.54, 1.807) is 24.5 Å². The van der Waals surface area contributed by atoms with E-state index < -0.39 is 12.2 Å². The van der Waals surface area contributed by atoms with Gasteiger partial charge < -0.3 is 9.84 Å². The van der Waals surface area contributed by atoms with Crippen LogP contribution >= 0.6 is 0 Å². The van der Waals surface area contributed by atoms with Gasteiger partial charge in [0, 0.05) is 24.0 Å². The lowest BCUT2D eigenvalue weighted by Gasteiger charge is -2.19. The summed E-state index contributed by atoms with van der Waals surface area (Å²) < 4.78 is 43.8. The van der Waals surface area contributed by atoms with E-state index in [2.05, 4.69) is 20.4 Å². The molecule has 3 rings (SSSR count). The number of nitrogens with zero attached hydrogens (tertiary/aromatic N) is 3. The van der Waals surface area contributed by atoms with E-state index in [0.29, 0.717) is 5.56 Å². The Labute approximate surface area is 118 Å². The van der Waals surface area contributed by atoms with Crippen molar-refractivity contribution in [3.8, 4) is 11.4 Å². The van der Waals surface area contributed by atoms with E-state index in [4.69, 9.17) is 4.52 Å². The Kier molecular flexibility index (Phi) is 3.62. The van der Waals surface area contributed by atoms with E-state index in [0.717, 1.165) is 12.8 Å². The minimum Gasteiger partial charge on any atom is -0.339 e. The van der Waals surface area contributed by atoms with Gasteiger partial charge in [-0.1, -0.05) is 5.16 Å².